The van der Waals surface area contributed by atoms with Crippen LogP contribution in [0.2, 0.25) is 0 Å². The smallest absolute Gasteiger partial charge is 0.0314 e. The van der Waals surface area contributed by atoms with Crippen molar-refractivity contribution >= 4 is 11.4 Å². The number of anilines is 2. The third-order valence-electron chi connectivity index (χ3n) is 9.45. The van der Waals surface area contributed by atoms with Gasteiger partial charge in [0.25, 0.3) is 0 Å². The van der Waals surface area contributed by atoms with Crippen LogP contribution in [0.4, 0.5) is 11.4 Å². The summed E-state index contributed by atoms with van der Waals surface area (Å²) in [5.74, 6) is 0. The van der Waals surface area contributed by atoms with Crippen molar-refractivity contribution in [1.82, 2.24) is 0 Å². The van der Waals surface area contributed by atoms with E-state index >= 15 is 0 Å². The third-order valence-corrected chi connectivity index (χ3v) is 9.45. The highest BCUT2D eigenvalue weighted by atomic mass is 14.5. The molecule has 0 fully saturated rings. The first-order valence-corrected chi connectivity index (χ1v) is 14.3. The molecular formula is C37H46N2. The molecule has 0 unspecified atom stereocenters. The van der Waals surface area contributed by atoms with Gasteiger partial charge in [-0.2, -0.15) is 0 Å². The van der Waals surface area contributed by atoms with Gasteiger partial charge >= 0.3 is 0 Å². The number of hydrogen-bond acceptors (Lipinski definition) is 2. The first kappa shape index (κ1) is 28.5. The maximum atomic E-state index is 5.91. The van der Waals surface area contributed by atoms with Crippen molar-refractivity contribution in [2.75, 3.05) is 11.5 Å². The van der Waals surface area contributed by atoms with Crippen LogP contribution in [0.1, 0.15) is 84.3 Å². The van der Waals surface area contributed by atoms with Crippen molar-refractivity contribution < 1.29 is 0 Å². The monoisotopic (exact) mass is 518 g/mol. The van der Waals surface area contributed by atoms with Gasteiger partial charge in [-0.15, -0.1) is 0 Å². The van der Waals surface area contributed by atoms with Gasteiger partial charge in [-0.25, -0.2) is 0 Å². The van der Waals surface area contributed by atoms with Gasteiger partial charge in [0.15, 0.2) is 0 Å². The van der Waals surface area contributed by atoms with Gasteiger partial charge in [0.1, 0.15) is 0 Å². The van der Waals surface area contributed by atoms with Crippen molar-refractivity contribution in [2.24, 2.45) is 0 Å². The first-order chi connectivity index (χ1) is 18.5. The SMILES string of the molecule is Cc1c(C)c(Cc2ccc(N)cc2)c(C)c(C)c1CCCc1c(C)c(C)c(Cc2ccc(N)cc2)c(C)c1C. The fraction of sp³-hybridized carbons (Fsp3) is 0.351. The summed E-state index contributed by atoms with van der Waals surface area (Å²) in [5, 5.41) is 0. The molecule has 0 heterocycles. The summed E-state index contributed by atoms with van der Waals surface area (Å²) < 4.78 is 0. The van der Waals surface area contributed by atoms with Gasteiger partial charge in [-0.1, -0.05) is 24.3 Å². The zero-order chi connectivity index (χ0) is 28.4. The largest absolute Gasteiger partial charge is 0.399 e. The van der Waals surface area contributed by atoms with Crippen molar-refractivity contribution in [3.63, 3.8) is 0 Å². The van der Waals surface area contributed by atoms with E-state index in [4.69, 9.17) is 11.5 Å². The molecule has 0 aromatic heterocycles. The predicted octanol–water partition coefficient (Wildman–Crippen LogP) is 8.68. The van der Waals surface area contributed by atoms with Crippen LogP contribution >= 0.6 is 0 Å². The lowest BCUT2D eigenvalue weighted by Crippen LogP contribution is -2.09. The van der Waals surface area contributed by atoms with Crippen LogP contribution in [0.15, 0.2) is 48.5 Å². The average molecular weight is 519 g/mol. The summed E-state index contributed by atoms with van der Waals surface area (Å²) in [5.41, 5.74) is 33.7. The highest BCUT2D eigenvalue weighted by Crippen LogP contribution is 2.32. The van der Waals surface area contributed by atoms with Gasteiger partial charge in [-0.05, 0) is 190 Å². The van der Waals surface area contributed by atoms with Crippen LogP contribution in [0, 0.1) is 55.4 Å². The predicted molar refractivity (Wildman–Crippen MR) is 170 cm³/mol. The Labute approximate surface area is 236 Å². The number of nitrogen functional groups attached to an aromatic ring is 2. The Bertz CT molecular complexity index is 1320. The molecule has 4 rings (SSSR count). The van der Waals surface area contributed by atoms with Crippen molar-refractivity contribution in [2.45, 2.75) is 87.5 Å². The minimum absolute atomic E-state index is 0.821. The van der Waals surface area contributed by atoms with Gasteiger partial charge in [0.2, 0.25) is 0 Å². The molecule has 2 nitrogen and oxygen atoms in total. The van der Waals surface area contributed by atoms with Crippen molar-refractivity contribution in [3.05, 3.63) is 126 Å². The van der Waals surface area contributed by atoms with Crippen LogP contribution in [-0.2, 0) is 25.7 Å². The summed E-state index contributed by atoms with van der Waals surface area (Å²) in [4.78, 5) is 0. The lowest BCUT2D eigenvalue weighted by molar-refractivity contribution is 0.794. The lowest BCUT2D eigenvalue weighted by atomic mass is 9.82. The molecular weight excluding hydrogens is 472 g/mol. The van der Waals surface area contributed by atoms with Crippen LogP contribution in [0.25, 0.3) is 0 Å². The van der Waals surface area contributed by atoms with E-state index in [1.807, 2.05) is 24.3 Å². The summed E-state index contributed by atoms with van der Waals surface area (Å²) in [7, 11) is 0. The van der Waals surface area contributed by atoms with Gasteiger partial charge < -0.3 is 11.5 Å². The number of hydrogen-bond donors (Lipinski definition) is 2. The minimum Gasteiger partial charge on any atom is -0.399 e. The molecule has 0 aliphatic rings. The molecule has 0 amide bonds. The highest BCUT2D eigenvalue weighted by molar-refractivity contribution is 5.54. The Balaban J connectivity index is 1.54. The quantitative estimate of drug-likeness (QED) is 0.229. The Morgan fingerprint density at radius 2 is 0.641 bits per heavy atom. The van der Waals surface area contributed by atoms with E-state index in [1.54, 1.807) is 0 Å². The van der Waals surface area contributed by atoms with Gasteiger partial charge in [-0.3, -0.25) is 0 Å². The molecule has 2 heteroatoms. The van der Waals surface area contributed by atoms with E-state index in [0.717, 1.165) is 43.5 Å². The molecule has 4 aromatic carbocycles. The van der Waals surface area contributed by atoms with Crippen LogP contribution in [-0.4, -0.2) is 0 Å². The van der Waals surface area contributed by atoms with Crippen molar-refractivity contribution in [3.8, 4) is 0 Å². The molecule has 0 atom stereocenters. The van der Waals surface area contributed by atoms with Crippen LogP contribution < -0.4 is 11.5 Å². The minimum atomic E-state index is 0.821. The lowest BCUT2D eigenvalue weighted by Gasteiger charge is -2.23. The second kappa shape index (κ2) is 11.7. The Morgan fingerprint density at radius 3 is 0.923 bits per heavy atom. The number of benzene rings is 4. The van der Waals surface area contributed by atoms with E-state index in [1.165, 1.54) is 77.9 Å². The standard InChI is InChI=1S/C37H46N2/c1-22-26(5)36(20-30-12-16-32(38)17-13-30)27(6)23(2)34(22)10-9-11-35-24(3)28(7)37(29(8)25(35)4)21-31-14-18-33(39)19-15-31/h12-19H,9-11,20-21,38-39H2,1-8H3. The molecule has 39 heavy (non-hydrogen) atoms. The number of rotatable bonds is 8. The maximum absolute atomic E-state index is 5.91. The van der Waals surface area contributed by atoms with Gasteiger partial charge in [0.05, 0.1) is 0 Å². The molecule has 0 saturated carbocycles. The molecule has 0 saturated heterocycles. The molecule has 0 bridgehead atoms. The summed E-state index contributed by atoms with van der Waals surface area (Å²) in [6, 6.07) is 16.6. The Morgan fingerprint density at radius 1 is 0.385 bits per heavy atom. The van der Waals surface area contributed by atoms with E-state index in [0.29, 0.717) is 0 Å². The highest BCUT2D eigenvalue weighted by Gasteiger charge is 2.18. The molecule has 0 spiro atoms. The van der Waals surface area contributed by atoms with Crippen LogP contribution in [0.3, 0.4) is 0 Å². The third kappa shape index (κ3) is 5.91. The second-order valence-electron chi connectivity index (χ2n) is 11.6. The van der Waals surface area contributed by atoms with E-state index < -0.39 is 0 Å². The molecule has 0 aliphatic heterocycles. The fourth-order valence-corrected chi connectivity index (χ4v) is 6.34. The van der Waals surface area contributed by atoms with E-state index in [-0.39, 0.29) is 0 Å². The topological polar surface area (TPSA) is 52.0 Å². The molecule has 204 valence electrons. The zero-order valence-corrected chi connectivity index (χ0v) is 25.3. The average Bonchev–Trinajstić information content (AvgIpc) is 2.92. The second-order valence-corrected chi connectivity index (χ2v) is 11.6. The molecule has 4 N–H and O–H groups in total. The summed E-state index contributed by atoms with van der Waals surface area (Å²) in [6.07, 6.45) is 5.31. The Hall–Kier alpha value is -3.52. The van der Waals surface area contributed by atoms with Crippen molar-refractivity contribution in [1.29, 1.82) is 0 Å². The fourth-order valence-electron chi connectivity index (χ4n) is 6.34. The Kier molecular flexibility index (Phi) is 8.54. The first-order valence-electron chi connectivity index (χ1n) is 14.3. The summed E-state index contributed by atoms with van der Waals surface area (Å²) in [6.45, 7) is 18.5. The number of nitrogens with two attached hydrogens (primary N) is 2. The zero-order valence-electron chi connectivity index (χ0n) is 25.3. The van der Waals surface area contributed by atoms with Gasteiger partial charge in [0, 0.05) is 11.4 Å². The molecule has 0 radical (unpaired) electrons. The maximum Gasteiger partial charge on any atom is 0.0314 e. The van der Waals surface area contributed by atoms with E-state index in [2.05, 4.69) is 79.7 Å². The summed E-state index contributed by atoms with van der Waals surface area (Å²) >= 11 is 0. The normalized spacial score (nSPS) is 11.3. The molecule has 4 aromatic rings. The molecule has 0 aliphatic carbocycles. The van der Waals surface area contributed by atoms with Crippen LogP contribution in [0.5, 0.6) is 0 Å². The van der Waals surface area contributed by atoms with E-state index in [9.17, 15) is 0 Å².